The van der Waals surface area contributed by atoms with Gasteiger partial charge in [0.2, 0.25) is 5.91 Å². The first-order valence-corrected chi connectivity index (χ1v) is 5.73. The van der Waals surface area contributed by atoms with Crippen LogP contribution in [0.15, 0.2) is 35.1 Å². The molecule has 0 bridgehead atoms. The number of hydrogen-bond acceptors (Lipinski definition) is 3. The monoisotopic (exact) mass is 287 g/mol. The lowest BCUT2D eigenvalue weighted by atomic mass is 10.3. The van der Waals surface area contributed by atoms with Crippen LogP contribution in [0.25, 0.3) is 11.5 Å². The highest BCUT2D eigenvalue weighted by Gasteiger charge is 2.31. The fourth-order valence-electron chi connectivity index (χ4n) is 1.62. The molecule has 0 aromatic carbocycles. The SMILES string of the molecule is CN(CC(F)(F)F)C(=O)Cn1ccc(-c2ccco2)n1. The molecule has 0 radical (unpaired) electrons. The molecule has 1 amide bonds. The number of carbonyl (C=O) groups excluding carboxylic acids is 1. The Balaban J connectivity index is 1.98. The van der Waals surface area contributed by atoms with Crippen LogP contribution in [0.3, 0.4) is 0 Å². The van der Waals surface area contributed by atoms with Gasteiger partial charge in [-0.15, -0.1) is 0 Å². The number of alkyl halides is 3. The Morgan fingerprint density at radius 1 is 1.45 bits per heavy atom. The Labute approximate surface area is 112 Å². The topological polar surface area (TPSA) is 51.3 Å². The summed E-state index contributed by atoms with van der Waals surface area (Å²) in [7, 11) is 1.10. The average Bonchev–Trinajstić information content (AvgIpc) is 2.95. The summed E-state index contributed by atoms with van der Waals surface area (Å²) in [6.45, 7) is -1.54. The summed E-state index contributed by atoms with van der Waals surface area (Å²) in [4.78, 5) is 12.2. The molecule has 8 heteroatoms. The summed E-state index contributed by atoms with van der Waals surface area (Å²) in [5, 5.41) is 4.07. The van der Waals surface area contributed by atoms with Crippen molar-refractivity contribution < 1.29 is 22.4 Å². The van der Waals surface area contributed by atoms with Gasteiger partial charge in [0.05, 0.1) is 6.26 Å². The Bertz CT molecular complexity index is 575. The Morgan fingerprint density at radius 2 is 2.20 bits per heavy atom. The molecular formula is C12H12F3N3O2. The molecule has 0 N–H and O–H groups in total. The van der Waals surface area contributed by atoms with E-state index in [2.05, 4.69) is 5.10 Å². The van der Waals surface area contributed by atoms with E-state index < -0.39 is 18.6 Å². The Hall–Kier alpha value is -2.25. The van der Waals surface area contributed by atoms with E-state index in [0.29, 0.717) is 16.4 Å². The molecule has 2 heterocycles. The number of amides is 1. The molecule has 0 fully saturated rings. The molecule has 0 aliphatic heterocycles. The number of likely N-dealkylation sites (N-methyl/N-ethyl adjacent to an activating group) is 1. The molecule has 20 heavy (non-hydrogen) atoms. The molecule has 0 atom stereocenters. The average molecular weight is 287 g/mol. The van der Waals surface area contributed by atoms with Crippen LogP contribution in [-0.4, -0.2) is 40.4 Å². The lowest BCUT2D eigenvalue weighted by Gasteiger charge is -2.18. The van der Waals surface area contributed by atoms with Crippen molar-refractivity contribution in [3.8, 4) is 11.5 Å². The molecule has 0 saturated carbocycles. The largest absolute Gasteiger partial charge is 0.463 e. The molecule has 0 spiro atoms. The summed E-state index contributed by atoms with van der Waals surface area (Å²) in [6.07, 6.45) is -1.42. The summed E-state index contributed by atoms with van der Waals surface area (Å²) in [6, 6.07) is 5.01. The lowest BCUT2D eigenvalue weighted by molar-refractivity contribution is -0.158. The second-order valence-corrected chi connectivity index (χ2v) is 4.24. The van der Waals surface area contributed by atoms with E-state index in [0.717, 1.165) is 7.05 Å². The first-order chi connectivity index (χ1) is 9.35. The van der Waals surface area contributed by atoms with Gasteiger partial charge >= 0.3 is 6.18 Å². The van der Waals surface area contributed by atoms with E-state index in [9.17, 15) is 18.0 Å². The van der Waals surface area contributed by atoms with Crippen LogP contribution in [0.1, 0.15) is 0 Å². The van der Waals surface area contributed by atoms with Gasteiger partial charge in [-0.1, -0.05) is 0 Å². The van der Waals surface area contributed by atoms with Gasteiger partial charge in [-0.3, -0.25) is 9.48 Å². The van der Waals surface area contributed by atoms with E-state index >= 15 is 0 Å². The van der Waals surface area contributed by atoms with Gasteiger partial charge in [0.25, 0.3) is 0 Å². The van der Waals surface area contributed by atoms with Crippen LogP contribution in [0, 0.1) is 0 Å². The van der Waals surface area contributed by atoms with Crippen molar-refractivity contribution in [2.24, 2.45) is 0 Å². The lowest BCUT2D eigenvalue weighted by Crippen LogP contribution is -2.37. The fourth-order valence-corrected chi connectivity index (χ4v) is 1.62. The van der Waals surface area contributed by atoms with Crippen molar-refractivity contribution in [2.75, 3.05) is 13.6 Å². The summed E-state index contributed by atoms with van der Waals surface area (Å²) < 4.78 is 42.9. The molecule has 108 valence electrons. The van der Waals surface area contributed by atoms with E-state index in [1.165, 1.54) is 17.1 Å². The Kier molecular flexibility index (Phi) is 3.82. The van der Waals surface area contributed by atoms with Crippen LogP contribution >= 0.6 is 0 Å². The first kappa shape index (κ1) is 14.2. The van der Waals surface area contributed by atoms with Crippen molar-refractivity contribution >= 4 is 5.91 Å². The maximum absolute atomic E-state index is 12.2. The van der Waals surface area contributed by atoms with Gasteiger partial charge in [-0.25, -0.2) is 0 Å². The van der Waals surface area contributed by atoms with Crippen molar-refractivity contribution in [2.45, 2.75) is 12.7 Å². The molecule has 0 unspecified atom stereocenters. The normalized spacial score (nSPS) is 11.6. The van der Waals surface area contributed by atoms with Crippen LogP contribution < -0.4 is 0 Å². The standard InChI is InChI=1S/C12H12F3N3O2/c1-17(8-12(13,14)15)11(19)7-18-5-4-9(16-18)10-3-2-6-20-10/h2-6H,7-8H2,1H3. The van der Waals surface area contributed by atoms with Gasteiger partial charge < -0.3 is 9.32 Å². The summed E-state index contributed by atoms with van der Waals surface area (Å²) in [5.74, 6) is -0.142. The molecule has 0 saturated heterocycles. The van der Waals surface area contributed by atoms with Crippen LogP contribution in [0.5, 0.6) is 0 Å². The predicted octanol–water partition coefficient (Wildman–Crippen LogP) is 2.16. The second-order valence-electron chi connectivity index (χ2n) is 4.24. The minimum absolute atomic E-state index is 0.257. The van der Waals surface area contributed by atoms with Crippen molar-refractivity contribution in [3.63, 3.8) is 0 Å². The molecule has 2 aromatic heterocycles. The van der Waals surface area contributed by atoms with Crippen LogP contribution in [0.2, 0.25) is 0 Å². The van der Waals surface area contributed by atoms with Gasteiger partial charge in [-0.2, -0.15) is 18.3 Å². The maximum Gasteiger partial charge on any atom is 0.406 e. The van der Waals surface area contributed by atoms with Gasteiger partial charge in [-0.05, 0) is 18.2 Å². The van der Waals surface area contributed by atoms with Crippen LogP contribution in [-0.2, 0) is 11.3 Å². The third kappa shape index (κ3) is 3.62. The highest BCUT2D eigenvalue weighted by molar-refractivity contribution is 5.75. The zero-order valence-electron chi connectivity index (χ0n) is 10.6. The third-order valence-corrected chi connectivity index (χ3v) is 2.55. The van der Waals surface area contributed by atoms with E-state index in [4.69, 9.17) is 4.42 Å². The minimum Gasteiger partial charge on any atom is -0.463 e. The van der Waals surface area contributed by atoms with E-state index in [1.807, 2.05) is 0 Å². The van der Waals surface area contributed by atoms with Gasteiger partial charge in [0.1, 0.15) is 18.8 Å². The molecule has 2 rings (SSSR count). The molecule has 0 aliphatic rings. The van der Waals surface area contributed by atoms with Gasteiger partial charge in [0.15, 0.2) is 5.76 Å². The van der Waals surface area contributed by atoms with Crippen molar-refractivity contribution in [3.05, 3.63) is 30.7 Å². The quantitative estimate of drug-likeness (QED) is 0.866. The number of aromatic nitrogens is 2. The number of carbonyl (C=O) groups is 1. The number of nitrogens with zero attached hydrogens (tertiary/aromatic N) is 3. The van der Waals surface area contributed by atoms with Crippen molar-refractivity contribution in [1.82, 2.24) is 14.7 Å². The smallest absolute Gasteiger partial charge is 0.406 e. The van der Waals surface area contributed by atoms with Gasteiger partial charge in [0, 0.05) is 13.2 Å². The summed E-state index contributed by atoms with van der Waals surface area (Å²) >= 11 is 0. The first-order valence-electron chi connectivity index (χ1n) is 5.73. The highest BCUT2D eigenvalue weighted by atomic mass is 19.4. The Morgan fingerprint density at radius 3 is 2.80 bits per heavy atom. The maximum atomic E-state index is 12.2. The number of rotatable bonds is 4. The summed E-state index contributed by atoms with van der Waals surface area (Å²) in [5.41, 5.74) is 0.515. The fraction of sp³-hybridized carbons (Fsp3) is 0.333. The zero-order chi connectivity index (χ0) is 14.8. The third-order valence-electron chi connectivity index (χ3n) is 2.55. The second kappa shape index (κ2) is 5.40. The zero-order valence-corrected chi connectivity index (χ0v) is 10.6. The molecule has 5 nitrogen and oxygen atoms in total. The number of hydrogen-bond donors (Lipinski definition) is 0. The number of furan rings is 1. The number of halogens is 3. The molecule has 2 aromatic rings. The molecular weight excluding hydrogens is 275 g/mol. The van der Waals surface area contributed by atoms with Crippen molar-refractivity contribution in [1.29, 1.82) is 0 Å². The predicted molar refractivity (Wildman–Crippen MR) is 63.6 cm³/mol. The van der Waals surface area contributed by atoms with E-state index in [-0.39, 0.29) is 6.54 Å². The molecule has 0 aliphatic carbocycles. The minimum atomic E-state index is -4.41. The van der Waals surface area contributed by atoms with Crippen LogP contribution in [0.4, 0.5) is 13.2 Å². The highest BCUT2D eigenvalue weighted by Crippen LogP contribution is 2.17. The van der Waals surface area contributed by atoms with E-state index in [1.54, 1.807) is 18.2 Å².